The summed E-state index contributed by atoms with van der Waals surface area (Å²) < 4.78 is 14.9. The molecule has 204 valence electrons. The number of nitro groups is 1. The van der Waals surface area contributed by atoms with Gasteiger partial charge in [-0.1, -0.05) is 23.2 Å². The highest BCUT2D eigenvalue weighted by molar-refractivity contribution is 5.97. The van der Waals surface area contributed by atoms with Gasteiger partial charge in [0.2, 0.25) is 5.95 Å². The van der Waals surface area contributed by atoms with Gasteiger partial charge >= 0.3 is 5.95 Å². The largest absolute Gasteiger partial charge is 0.490 e. The van der Waals surface area contributed by atoms with Crippen LogP contribution < -0.4 is 10.1 Å². The van der Waals surface area contributed by atoms with Gasteiger partial charge in [0, 0.05) is 47.7 Å². The summed E-state index contributed by atoms with van der Waals surface area (Å²) in [6, 6.07) is 15.2. The molecule has 1 N–H and O–H groups in total. The Hall–Kier alpha value is -5.10. The van der Waals surface area contributed by atoms with E-state index in [1.165, 1.54) is 23.9 Å². The quantitative estimate of drug-likeness (QED) is 0.102. The molecule has 12 nitrogen and oxygen atoms in total. The zero-order valence-corrected chi connectivity index (χ0v) is 22.0. The van der Waals surface area contributed by atoms with Gasteiger partial charge in [-0.3, -0.25) is 4.79 Å². The molecule has 0 spiro atoms. The topological polar surface area (TPSA) is 139 Å². The van der Waals surface area contributed by atoms with E-state index in [2.05, 4.69) is 32.0 Å². The monoisotopic (exact) mass is 541 g/mol. The van der Waals surface area contributed by atoms with Crippen molar-refractivity contribution in [2.24, 2.45) is 7.05 Å². The fraction of sp³-hybridized carbons (Fsp3) is 0.214. The van der Waals surface area contributed by atoms with Crippen LogP contribution >= 0.6 is 0 Å². The van der Waals surface area contributed by atoms with Crippen LogP contribution in [-0.2, 0) is 18.3 Å². The summed E-state index contributed by atoms with van der Waals surface area (Å²) in [5.74, 6) is 0.437. The first-order chi connectivity index (χ1) is 19.4. The highest BCUT2D eigenvalue weighted by Gasteiger charge is 2.15. The number of carbonyl (C=O) groups excluding carboxylic acids is 1. The van der Waals surface area contributed by atoms with Gasteiger partial charge in [0.1, 0.15) is 24.8 Å². The molecule has 0 saturated heterocycles. The van der Waals surface area contributed by atoms with Crippen LogP contribution in [0.4, 0.5) is 17.6 Å². The van der Waals surface area contributed by atoms with Crippen molar-refractivity contribution in [1.29, 1.82) is 0 Å². The standard InChI is InChI=1S/C28H27N7O5/c1-19(36)21-8-7-20(17-26(21)40-16-15-39-14-13-34-12-11-30-28(34)35(37)38)31-27-29-10-9-24(32-27)23-18-33(2)25-6-4-3-5-22(23)25/h3-12,17-18H,13-16H2,1-2H3,(H,29,31,32). The Bertz CT molecular complexity index is 1680. The number of hydrogen-bond acceptors (Lipinski definition) is 9. The second kappa shape index (κ2) is 11.7. The van der Waals surface area contributed by atoms with E-state index >= 15 is 0 Å². The van der Waals surface area contributed by atoms with Crippen LogP contribution in [0, 0.1) is 10.1 Å². The van der Waals surface area contributed by atoms with Gasteiger partial charge in [0.25, 0.3) is 0 Å². The fourth-order valence-corrected chi connectivity index (χ4v) is 4.38. The lowest BCUT2D eigenvalue weighted by Crippen LogP contribution is -2.13. The summed E-state index contributed by atoms with van der Waals surface area (Å²) in [5.41, 5.74) is 3.99. The Morgan fingerprint density at radius 2 is 1.93 bits per heavy atom. The van der Waals surface area contributed by atoms with E-state index in [4.69, 9.17) is 14.5 Å². The van der Waals surface area contributed by atoms with E-state index in [9.17, 15) is 14.9 Å². The summed E-state index contributed by atoms with van der Waals surface area (Å²) in [6.07, 6.45) is 6.64. The maximum atomic E-state index is 12.2. The number of rotatable bonds is 12. The van der Waals surface area contributed by atoms with Crippen LogP contribution in [0.3, 0.4) is 0 Å². The van der Waals surface area contributed by atoms with Crippen molar-refractivity contribution in [3.63, 3.8) is 0 Å². The summed E-state index contributed by atoms with van der Waals surface area (Å²) in [7, 11) is 2.00. The average molecular weight is 542 g/mol. The van der Waals surface area contributed by atoms with Gasteiger partial charge in [-0.05, 0) is 36.1 Å². The molecule has 5 rings (SSSR count). The zero-order valence-electron chi connectivity index (χ0n) is 22.0. The van der Waals surface area contributed by atoms with E-state index in [1.807, 2.05) is 31.4 Å². The van der Waals surface area contributed by atoms with Gasteiger partial charge in [-0.25, -0.2) is 14.5 Å². The average Bonchev–Trinajstić information content (AvgIpc) is 3.55. The molecule has 0 radical (unpaired) electrons. The second-order valence-electron chi connectivity index (χ2n) is 8.97. The molecule has 0 aliphatic heterocycles. The van der Waals surface area contributed by atoms with E-state index < -0.39 is 4.92 Å². The molecule has 40 heavy (non-hydrogen) atoms. The third-order valence-corrected chi connectivity index (χ3v) is 6.26. The number of nitrogens with one attached hydrogen (secondary N) is 1. The number of para-hydroxylation sites is 1. The van der Waals surface area contributed by atoms with E-state index in [1.54, 1.807) is 24.4 Å². The normalized spacial score (nSPS) is 11.1. The zero-order chi connectivity index (χ0) is 28.1. The van der Waals surface area contributed by atoms with E-state index in [-0.39, 0.29) is 38.1 Å². The van der Waals surface area contributed by atoms with Gasteiger partial charge < -0.3 is 29.5 Å². The van der Waals surface area contributed by atoms with Gasteiger partial charge in [-0.2, -0.15) is 0 Å². The highest BCUT2D eigenvalue weighted by Crippen LogP contribution is 2.30. The number of ether oxygens (including phenoxy) is 2. The van der Waals surface area contributed by atoms with E-state index in [0.29, 0.717) is 22.9 Å². The SMILES string of the molecule is CC(=O)c1ccc(Nc2nccc(-c3cn(C)c4ccccc34)n2)cc1OCCOCCn1ccnc1[N+](=O)[O-]. The molecule has 0 aliphatic carbocycles. The molecule has 3 aromatic heterocycles. The number of hydrogen-bond donors (Lipinski definition) is 1. The number of aryl methyl sites for hydroxylation is 1. The van der Waals surface area contributed by atoms with Crippen molar-refractivity contribution in [3.05, 3.63) is 89.0 Å². The number of benzene rings is 2. The summed E-state index contributed by atoms with van der Waals surface area (Å²) in [5, 5.41) is 15.3. The smallest absolute Gasteiger partial charge is 0.434 e. The lowest BCUT2D eigenvalue weighted by Gasteiger charge is -2.13. The first-order valence-electron chi connectivity index (χ1n) is 12.6. The van der Waals surface area contributed by atoms with Gasteiger partial charge in [0.05, 0.1) is 31.0 Å². The molecule has 0 saturated carbocycles. The lowest BCUT2D eigenvalue weighted by molar-refractivity contribution is -0.396. The lowest BCUT2D eigenvalue weighted by atomic mass is 10.1. The molecule has 0 fully saturated rings. The molecular weight excluding hydrogens is 514 g/mol. The minimum atomic E-state index is -0.543. The number of Topliss-reactive ketones (excluding diaryl/α,β-unsaturated/α-hetero) is 1. The minimum absolute atomic E-state index is 0.135. The maximum absolute atomic E-state index is 12.2. The first-order valence-corrected chi connectivity index (χ1v) is 12.6. The maximum Gasteiger partial charge on any atom is 0.434 e. The summed E-state index contributed by atoms with van der Waals surface area (Å²) >= 11 is 0. The Morgan fingerprint density at radius 1 is 1.07 bits per heavy atom. The molecule has 2 aromatic carbocycles. The van der Waals surface area contributed by atoms with Crippen LogP contribution in [0.5, 0.6) is 5.75 Å². The number of nitrogens with zero attached hydrogens (tertiary/aromatic N) is 6. The molecule has 0 atom stereocenters. The number of carbonyl (C=O) groups is 1. The predicted octanol–water partition coefficient (Wildman–Crippen LogP) is 4.78. The van der Waals surface area contributed by atoms with Crippen LogP contribution in [0.1, 0.15) is 17.3 Å². The van der Waals surface area contributed by atoms with Crippen molar-refractivity contribution in [2.75, 3.05) is 25.1 Å². The number of aromatic nitrogens is 5. The van der Waals surface area contributed by atoms with Crippen molar-refractivity contribution in [2.45, 2.75) is 13.5 Å². The molecule has 0 unspecified atom stereocenters. The number of anilines is 2. The number of fused-ring (bicyclic) bond motifs is 1. The van der Waals surface area contributed by atoms with Crippen LogP contribution in [0.15, 0.2) is 73.3 Å². The van der Waals surface area contributed by atoms with Crippen LogP contribution in [0.2, 0.25) is 0 Å². The predicted molar refractivity (Wildman–Crippen MR) is 149 cm³/mol. The molecule has 12 heteroatoms. The third kappa shape index (κ3) is 5.81. The molecule has 0 aliphatic rings. The molecule has 5 aromatic rings. The van der Waals surface area contributed by atoms with Crippen molar-refractivity contribution in [1.82, 2.24) is 24.1 Å². The summed E-state index contributed by atoms with van der Waals surface area (Å²) in [4.78, 5) is 35.4. The van der Waals surface area contributed by atoms with E-state index in [0.717, 1.165) is 22.2 Å². The third-order valence-electron chi connectivity index (χ3n) is 6.26. The molecule has 0 amide bonds. The first kappa shape index (κ1) is 26.5. The fourth-order valence-electron chi connectivity index (χ4n) is 4.38. The molecule has 0 bridgehead atoms. The Balaban J connectivity index is 1.23. The highest BCUT2D eigenvalue weighted by atomic mass is 16.6. The van der Waals surface area contributed by atoms with Crippen molar-refractivity contribution < 1.29 is 19.2 Å². The Kier molecular flexibility index (Phi) is 7.78. The summed E-state index contributed by atoms with van der Waals surface area (Å²) in [6.45, 7) is 2.41. The Labute approximate surface area is 229 Å². The van der Waals surface area contributed by atoms with Gasteiger partial charge in [0.15, 0.2) is 5.78 Å². The molecule has 3 heterocycles. The Morgan fingerprint density at radius 3 is 2.75 bits per heavy atom. The minimum Gasteiger partial charge on any atom is -0.490 e. The second-order valence-corrected chi connectivity index (χ2v) is 8.97. The van der Waals surface area contributed by atoms with Crippen molar-refractivity contribution >= 4 is 34.3 Å². The molecular formula is C28H27N7O5. The van der Waals surface area contributed by atoms with Gasteiger partial charge in [-0.15, -0.1) is 0 Å². The number of imidazole rings is 1. The number of ketones is 1. The van der Waals surface area contributed by atoms with Crippen LogP contribution in [0.25, 0.3) is 22.2 Å². The van der Waals surface area contributed by atoms with Crippen LogP contribution in [-0.4, -0.2) is 54.6 Å². The van der Waals surface area contributed by atoms with Crippen molar-refractivity contribution in [3.8, 4) is 17.0 Å².